The van der Waals surface area contributed by atoms with E-state index in [2.05, 4.69) is 5.32 Å². The van der Waals surface area contributed by atoms with Crippen LogP contribution in [-0.2, 0) is 23.5 Å². The maximum absolute atomic E-state index is 13.1. The van der Waals surface area contributed by atoms with Crippen molar-refractivity contribution in [1.29, 1.82) is 0 Å². The fraction of sp³-hybridized carbons (Fsp3) is 0.286. The zero-order valence-electron chi connectivity index (χ0n) is 16.1. The summed E-state index contributed by atoms with van der Waals surface area (Å²) in [6.45, 7) is 2.17. The summed E-state index contributed by atoms with van der Waals surface area (Å²) in [4.78, 5) is 13.1. The van der Waals surface area contributed by atoms with Crippen molar-refractivity contribution in [3.05, 3.63) is 64.8 Å². The third-order valence-corrected chi connectivity index (χ3v) is 5.17. The summed E-state index contributed by atoms with van der Waals surface area (Å²) in [5.41, 5.74) is -1.74. The van der Waals surface area contributed by atoms with Gasteiger partial charge in [-0.05, 0) is 43.2 Å². The van der Waals surface area contributed by atoms with Crippen LogP contribution in [0.2, 0.25) is 0 Å². The quantitative estimate of drug-likeness (QED) is 0.444. The molecule has 1 aromatic heterocycles. The molecule has 2 heterocycles. The lowest BCUT2D eigenvalue weighted by molar-refractivity contribution is -0.143. The Labute approximate surface area is 172 Å². The van der Waals surface area contributed by atoms with Gasteiger partial charge in [0.15, 0.2) is 0 Å². The number of carbonyl (C=O) groups is 1. The highest BCUT2D eigenvalue weighted by atomic mass is 19.4. The number of amides is 1. The van der Waals surface area contributed by atoms with E-state index in [1.165, 1.54) is 4.57 Å². The van der Waals surface area contributed by atoms with E-state index in [4.69, 9.17) is 4.74 Å². The number of rotatable bonds is 1. The predicted molar refractivity (Wildman–Crippen MR) is 101 cm³/mol. The molecule has 1 unspecified atom stereocenters. The molecule has 4 rings (SSSR count). The number of para-hydroxylation sites is 1. The van der Waals surface area contributed by atoms with E-state index in [1.54, 1.807) is 25.1 Å². The minimum absolute atomic E-state index is 0.0124. The van der Waals surface area contributed by atoms with Crippen molar-refractivity contribution < 1.29 is 35.9 Å². The highest BCUT2D eigenvalue weighted by molar-refractivity contribution is 6.01. The second-order valence-corrected chi connectivity index (χ2v) is 7.20. The Morgan fingerprint density at radius 1 is 1.03 bits per heavy atom. The van der Waals surface area contributed by atoms with Crippen molar-refractivity contribution in [2.24, 2.45) is 0 Å². The smallest absolute Gasteiger partial charge is 0.372 e. The Bertz CT molecular complexity index is 1130. The molecule has 0 aliphatic carbocycles. The van der Waals surface area contributed by atoms with Crippen LogP contribution >= 0.6 is 0 Å². The third kappa shape index (κ3) is 3.87. The number of hydrogen-bond acceptors (Lipinski definition) is 2. The van der Waals surface area contributed by atoms with Gasteiger partial charge in [0.1, 0.15) is 0 Å². The molecule has 0 saturated carbocycles. The van der Waals surface area contributed by atoms with Crippen LogP contribution in [0.4, 0.5) is 36.8 Å². The van der Waals surface area contributed by atoms with Crippen molar-refractivity contribution in [2.75, 3.05) is 11.9 Å². The molecule has 31 heavy (non-hydrogen) atoms. The Morgan fingerprint density at radius 3 is 2.26 bits per heavy atom. The number of hydrogen-bond donors (Lipinski definition) is 1. The van der Waals surface area contributed by atoms with E-state index < -0.39 is 41.3 Å². The molecular weight excluding hydrogens is 426 g/mol. The van der Waals surface area contributed by atoms with E-state index in [0.717, 1.165) is 10.9 Å². The molecular formula is C21H16F6N2O2. The van der Waals surface area contributed by atoms with E-state index in [-0.39, 0.29) is 6.07 Å². The van der Waals surface area contributed by atoms with Crippen molar-refractivity contribution in [1.82, 2.24) is 4.57 Å². The van der Waals surface area contributed by atoms with Crippen LogP contribution in [0.3, 0.4) is 0 Å². The molecule has 3 aromatic rings. The summed E-state index contributed by atoms with van der Waals surface area (Å²) in [5, 5.41) is 2.98. The summed E-state index contributed by atoms with van der Waals surface area (Å²) in [7, 11) is 0. The molecule has 1 atom stereocenters. The van der Waals surface area contributed by atoms with Gasteiger partial charge in [0.2, 0.25) is 0 Å². The minimum atomic E-state index is -5.01. The van der Waals surface area contributed by atoms with Crippen molar-refractivity contribution >= 4 is 22.6 Å². The number of nitrogens with zero attached hydrogens (tertiary/aromatic N) is 1. The van der Waals surface area contributed by atoms with Crippen LogP contribution in [0.1, 0.15) is 35.4 Å². The van der Waals surface area contributed by atoms with Gasteiger partial charge >= 0.3 is 18.4 Å². The van der Waals surface area contributed by atoms with E-state index in [0.29, 0.717) is 36.4 Å². The first kappa shape index (κ1) is 21.2. The highest BCUT2D eigenvalue weighted by Crippen LogP contribution is 2.39. The number of aromatic nitrogens is 1. The molecule has 1 aliphatic rings. The summed E-state index contributed by atoms with van der Waals surface area (Å²) in [6.07, 6.45) is -9.97. The first-order valence-corrected chi connectivity index (χ1v) is 9.31. The minimum Gasteiger partial charge on any atom is -0.372 e. The lowest BCUT2D eigenvalue weighted by Crippen LogP contribution is -2.25. The summed E-state index contributed by atoms with van der Waals surface area (Å²) >= 11 is 0. The van der Waals surface area contributed by atoms with E-state index in [9.17, 15) is 31.1 Å². The molecule has 164 valence electrons. The Morgan fingerprint density at radius 2 is 1.65 bits per heavy atom. The Kier molecular flexibility index (Phi) is 5.00. The molecule has 10 heteroatoms. The summed E-state index contributed by atoms with van der Waals surface area (Å²) in [5.74, 6) is 0. The SMILES string of the molecule is CC1OCCc2c1n(C(=O)Nc1cc(C(F)(F)F)cc(C(F)(F)F)c1)c1ccccc21. The zero-order valence-corrected chi connectivity index (χ0v) is 16.1. The molecule has 0 spiro atoms. The van der Waals surface area contributed by atoms with Crippen LogP contribution in [0.15, 0.2) is 42.5 Å². The number of fused-ring (bicyclic) bond motifs is 3. The molecule has 2 aromatic carbocycles. The van der Waals surface area contributed by atoms with Gasteiger partial charge in [-0.1, -0.05) is 18.2 Å². The number of anilines is 1. The monoisotopic (exact) mass is 442 g/mol. The van der Waals surface area contributed by atoms with Crippen LogP contribution in [-0.4, -0.2) is 17.2 Å². The summed E-state index contributed by atoms with van der Waals surface area (Å²) < 4.78 is 85.6. The Hall–Kier alpha value is -3.01. The maximum Gasteiger partial charge on any atom is 0.416 e. The molecule has 0 bridgehead atoms. The molecule has 1 aliphatic heterocycles. The molecule has 1 N–H and O–H groups in total. The van der Waals surface area contributed by atoms with Crippen LogP contribution in [0.5, 0.6) is 0 Å². The summed E-state index contributed by atoms with van der Waals surface area (Å²) in [6, 6.07) is 7.04. The van der Waals surface area contributed by atoms with Gasteiger partial charge in [-0.25, -0.2) is 4.79 Å². The molecule has 0 fully saturated rings. The first-order valence-electron chi connectivity index (χ1n) is 9.31. The van der Waals surface area contributed by atoms with Gasteiger partial charge in [-0.3, -0.25) is 4.57 Å². The van der Waals surface area contributed by atoms with Crippen LogP contribution < -0.4 is 5.32 Å². The van der Waals surface area contributed by atoms with Gasteiger partial charge in [-0.2, -0.15) is 26.3 Å². The van der Waals surface area contributed by atoms with Gasteiger partial charge in [-0.15, -0.1) is 0 Å². The number of alkyl halides is 6. The molecule has 0 saturated heterocycles. The second kappa shape index (κ2) is 7.30. The van der Waals surface area contributed by atoms with Gasteiger partial charge in [0.05, 0.1) is 35.0 Å². The third-order valence-electron chi connectivity index (χ3n) is 5.17. The standard InChI is InChI=1S/C21H16F6N2O2/c1-11-18-16(6-7-31-11)15-4-2-3-5-17(15)29(18)19(30)28-14-9-12(20(22,23)24)8-13(10-14)21(25,26)27/h2-5,8-11H,6-7H2,1H3,(H,28,30). The van der Waals surface area contributed by atoms with Crippen LogP contribution in [0, 0.1) is 0 Å². The fourth-order valence-electron chi connectivity index (χ4n) is 3.86. The van der Waals surface area contributed by atoms with Gasteiger partial charge < -0.3 is 10.1 Å². The van der Waals surface area contributed by atoms with Gasteiger partial charge in [0, 0.05) is 11.1 Å². The molecule has 0 radical (unpaired) electrons. The predicted octanol–water partition coefficient (Wildman–Crippen LogP) is 6.39. The van der Waals surface area contributed by atoms with Crippen molar-refractivity contribution in [3.63, 3.8) is 0 Å². The number of benzene rings is 2. The number of ether oxygens (including phenoxy) is 1. The fourth-order valence-corrected chi connectivity index (χ4v) is 3.86. The average molecular weight is 442 g/mol. The zero-order chi connectivity index (χ0) is 22.6. The Balaban J connectivity index is 1.81. The maximum atomic E-state index is 13.1. The van der Waals surface area contributed by atoms with Crippen LogP contribution in [0.25, 0.3) is 10.9 Å². The lowest BCUT2D eigenvalue weighted by Gasteiger charge is -2.23. The first-order chi connectivity index (χ1) is 14.5. The van der Waals surface area contributed by atoms with E-state index in [1.807, 2.05) is 6.07 Å². The number of nitrogens with one attached hydrogen (secondary N) is 1. The molecule has 1 amide bonds. The normalized spacial score (nSPS) is 16.9. The number of halogens is 6. The van der Waals surface area contributed by atoms with Crippen molar-refractivity contribution in [3.8, 4) is 0 Å². The largest absolute Gasteiger partial charge is 0.416 e. The van der Waals surface area contributed by atoms with E-state index >= 15 is 0 Å². The van der Waals surface area contributed by atoms with Gasteiger partial charge in [0.25, 0.3) is 0 Å². The average Bonchev–Trinajstić information content (AvgIpc) is 3.02. The number of carbonyl (C=O) groups excluding carboxylic acids is 1. The second-order valence-electron chi connectivity index (χ2n) is 7.20. The lowest BCUT2D eigenvalue weighted by atomic mass is 10.0. The topological polar surface area (TPSA) is 43.3 Å². The highest BCUT2D eigenvalue weighted by Gasteiger charge is 2.37. The van der Waals surface area contributed by atoms with Crippen molar-refractivity contribution in [2.45, 2.75) is 31.8 Å². The molecule has 4 nitrogen and oxygen atoms in total.